The summed E-state index contributed by atoms with van der Waals surface area (Å²) in [6.07, 6.45) is 0.740. The van der Waals surface area contributed by atoms with Crippen molar-refractivity contribution in [3.8, 4) is 5.75 Å². The fourth-order valence-corrected chi connectivity index (χ4v) is 4.87. The van der Waals surface area contributed by atoms with Gasteiger partial charge in [-0.05, 0) is 41.8 Å². The Kier molecular flexibility index (Phi) is 8.69. The molecule has 1 saturated heterocycles. The third-order valence-electron chi connectivity index (χ3n) is 5.18. The van der Waals surface area contributed by atoms with Crippen LogP contribution in [0.1, 0.15) is 22.9 Å². The third kappa shape index (κ3) is 6.41. The van der Waals surface area contributed by atoms with Gasteiger partial charge in [0.15, 0.2) is 11.6 Å². The van der Waals surface area contributed by atoms with E-state index in [1.807, 2.05) is 34.1 Å². The van der Waals surface area contributed by atoms with Gasteiger partial charge in [0.2, 0.25) is 5.91 Å². The molecule has 5 nitrogen and oxygen atoms in total. The van der Waals surface area contributed by atoms with Gasteiger partial charge in [-0.3, -0.25) is 9.69 Å². The van der Waals surface area contributed by atoms with Gasteiger partial charge in [-0.1, -0.05) is 18.2 Å². The number of carbonyl (C=O) groups excluding carboxylic acids is 1. The lowest BCUT2D eigenvalue weighted by atomic mass is 10.2. The molecular formula is C23H28F2N2O3S. The van der Waals surface area contributed by atoms with Crippen molar-refractivity contribution in [2.75, 3.05) is 46.2 Å². The first-order valence-corrected chi connectivity index (χ1v) is 11.3. The molecule has 1 unspecified atom stereocenters. The molecule has 0 aliphatic carbocycles. The van der Waals surface area contributed by atoms with Crippen molar-refractivity contribution in [2.45, 2.75) is 18.3 Å². The second-order valence-corrected chi connectivity index (χ2v) is 8.58. The maximum atomic E-state index is 13.6. The molecule has 1 amide bonds. The van der Waals surface area contributed by atoms with Crippen molar-refractivity contribution in [1.29, 1.82) is 0 Å². The maximum absolute atomic E-state index is 13.6. The van der Waals surface area contributed by atoms with Crippen molar-refractivity contribution in [3.63, 3.8) is 0 Å². The fourth-order valence-electron chi connectivity index (χ4n) is 3.59. The number of rotatable bonds is 10. The van der Waals surface area contributed by atoms with Crippen molar-refractivity contribution in [3.05, 3.63) is 65.2 Å². The van der Waals surface area contributed by atoms with Crippen LogP contribution in [0, 0.1) is 11.6 Å². The first-order valence-electron chi connectivity index (χ1n) is 10.2. The number of halogens is 2. The van der Waals surface area contributed by atoms with Gasteiger partial charge >= 0.3 is 0 Å². The first kappa shape index (κ1) is 23.5. The lowest BCUT2D eigenvalue weighted by molar-refractivity contribution is -0.132. The minimum atomic E-state index is -0.879. The van der Waals surface area contributed by atoms with Gasteiger partial charge in [0.1, 0.15) is 11.1 Å². The number of ether oxygens (including phenoxy) is 2. The van der Waals surface area contributed by atoms with E-state index < -0.39 is 11.6 Å². The van der Waals surface area contributed by atoms with Gasteiger partial charge < -0.3 is 14.4 Å². The average molecular weight is 451 g/mol. The highest BCUT2D eigenvalue weighted by Gasteiger charge is 2.31. The lowest BCUT2D eigenvalue weighted by Crippen LogP contribution is -2.40. The van der Waals surface area contributed by atoms with Crippen LogP contribution in [0.2, 0.25) is 0 Å². The van der Waals surface area contributed by atoms with Crippen LogP contribution < -0.4 is 4.74 Å². The SMILES string of the molecule is COCCCN(CC(=O)N1CCSC1c1ccc(OC)cc1)Cc1ccc(F)c(F)c1. The summed E-state index contributed by atoms with van der Waals surface area (Å²) in [6, 6.07) is 11.6. The molecule has 1 aliphatic heterocycles. The zero-order valence-corrected chi connectivity index (χ0v) is 18.7. The van der Waals surface area contributed by atoms with Crippen LogP contribution in [0.3, 0.4) is 0 Å². The average Bonchev–Trinajstić information content (AvgIpc) is 3.26. The second kappa shape index (κ2) is 11.5. The van der Waals surface area contributed by atoms with Crippen LogP contribution in [0.15, 0.2) is 42.5 Å². The molecule has 168 valence electrons. The van der Waals surface area contributed by atoms with Crippen LogP contribution in [0.5, 0.6) is 5.75 Å². The number of thioether (sulfide) groups is 1. The minimum Gasteiger partial charge on any atom is -0.497 e. The summed E-state index contributed by atoms with van der Waals surface area (Å²) in [5, 5.41) is -0.0394. The van der Waals surface area contributed by atoms with E-state index in [1.165, 1.54) is 6.07 Å². The molecule has 0 bridgehead atoms. The summed E-state index contributed by atoms with van der Waals surface area (Å²) in [4.78, 5) is 17.0. The second-order valence-electron chi connectivity index (χ2n) is 7.39. The largest absolute Gasteiger partial charge is 0.497 e. The van der Waals surface area contributed by atoms with Crippen molar-refractivity contribution < 1.29 is 23.0 Å². The number of methoxy groups -OCH3 is 2. The van der Waals surface area contributed by atoms with E-state index in [0.29, 0.717) is 31.8 Å². The fraction of sp³-hybridized carbons (Fsp3) is 0.435. The van der Waals surface area contributed by atoms with Crippen molar-refractivity contribution >= 4 is 17.7 Å². The van der Waals surface area contributed by atoms with E-state index in [2.05, 4.69) is 0 Å². The van der Waals surface area contributed by atoms with Crippen LogP contribution in [-0.2, 0) is 16.1 Å². The van der Waals surface area contributed by atoms with E-state index in [-0.39, 0.29) is 17.8 Å². The minimum absolute atomic E-state index is 0.0193. The molecule has 3 rings (SSSR count). The molecule has 1 fully saturated rings. The smallest absolute Gasteiger partial charge is 0.237 e. The number of benzene rings is 2. The van der Waals surface area contributed by atoms with Crippen molar-refractivity contribution in [2.24, 2.45) is 0 Å². The predicted molar refractivity (Wildman–Crippen MR) is 118 cm³/mol. The Labute approximate surface area is 186 Å². The molecule has 0 saturated carbocycles. The molecule has 1 aliphatic rings. The van der Waals surface area contributed by atoms with E-state index in [9.17, 15) is 13.6 Å². The van der Waals surface area contributed by atoms with Crippen LogP contribution in [0.25, 0.3) is 0 Å². The Bertz CT molecular complexity index is 866. The van der Waals surface area contributed by atoms with Gasteiger partial charge in [0, 0.05) is 39.1 Å². The Morgan fingerprint density at radius 1 is 1.16 bits per heavy atom. The third-order valence-corrected chi connectivity index (χ3v) is 6.44. The zero-order valence-electron chi connectivity index (χ0n) is 17.9. The molecule has 0 aromatic heterocycles. The maximum Gasteiger partial charge on any atom is 0.237 e. The molecule has 0 radical (unpaired) electrons. The highest BCUT2D eigenvalue weighted by atomic mass is 32.2. The quantitative estimate of drug-likeness (QED) is 0.510. The zero-order chi connectivity index (χ0) is 22.2. The Morgan fingerprint density at radius 3 is 2.61 bits per heavy atom. The number of hydrogen-bond acceptors (Lipinski definition) is 5. The van der Waals surface area contributed by atoms with Crippen molar-refractivity contribution in [1.82, 2.24) is 9.80 Å². The number of hydrogen-bond donors (Lipinski definition) is 0. The summed E-state index contributed by atoms with van der Waals surface area (Å²) >= 11 is 1.74. The van der Waals surface area contributed by atoms with E-state index in [0.717, 1.165) is 29.6 Å². The number of carbonyl (C=O) groups is 1. The lowest BCUT2D eigenvalue weighted by Gasteiger charge is -2.28. The molecule has 1 heterocycles. The van der Waals surface area contributed by atoms with Gasteiger partial charge in [0.25, 0.3) is 0 Å². The topological polar surface area (TPSA) is 42.0 Å². The molecule has 0 N–H and O–H groups in total. The summed E-state index contributed by atoms with van der Waals surface area (Å²) in [5.41, 5.74) is 1.69. The molecule has 0 spiro atoms. The molecule has 31 heavy (non-hydrogen) atoms. The predicted octanol–water partition coefficient (Wildman–Crippen LogP) is 4.09. The molecule has 2 aromatic carbocycles. The molecule has 1 atom stereocenters. The Morgan fingerprint density at radius 2 is 1.94 bits per heavy atom. The standard InChI is InChI=1S/C23H28F2N2O3S/c1-29-12-3-10-26(15-17-4-9-20(24)21(25)14-17)16-22(28)27-11-13-31-23(27)18-5-7-19(30-2)8-6-18/h4-9,14,23H,3,10-13,15-16H2,1-2H3. The Hall–Kier alpha value is -2.16. The summed E-state index contributed by atoms with van der Waals surface area (Å²) in [5.74, 6) is -0.0837. The van der Waals surface area contributed by atoms with E-state index in [1.54, 1.807) is 32.0 Å². The molecule has 2 aromatic rings. The van der Waals surface area contributed by atoms with Gasteiger partial charge in [-0.2, -0.15) is 0 Å². The highest BCUT2D eigenvalue weighted by Crippen LogP contribution is 2.38. The summed E-state index contributed by atoms with van der Waals surface area (Å²) in [7, 11) is 3.26. The van der Waals surface area contributed by atoms with Gasteiger partial charge in [-0.15, -0.1) is 11.8 Å². The Balaban J connectivity index is 1.69. The highest BCUT2D eigenvalue weighted by molar-refractivity contribution is 7.99. The monoisotopic (exact) mass is 450 g/mol. The summed E-state index contributed by atoms with van der Waals surface area (Å²) in [6.45, 7) is 2.43. The molecule has 8 heteroatoms. The van der Waals surface area contributed by atoms with Crippen LogP contribution in [0.4, 0.5) is 8.78 Å². The van der Waals surface area contributed by atoms with Crippen LogP contribution >= 0.6 is 11.8 Å². The van der Waals surface area contributed by atoms with E-state index in [4.69, 9.17) is 9.47 Å². The van der Waals surface area contributed by atoms with Gasteiger partial charge in [-0.25, -0.2) is 8.78 Å². The summed E-state index contributed by atoms with van der Waals surface area (Å²) < 4.78 is 37.3. The normalized spacial score (nSPS) is 16.2. The van der Waals surface area contributed by atoms with Gasteiger partial charge in [0.05, 0.1) is 13.7 Å². The van der Waals surface area contributed by atoms with Crippen LogP contribution in [-0.4, -0.2) is 61.9 Å². The first-order chi connectivity index (χ1) is 15.0. The van der Waals surface area contributed by atoms with E-state index >= 15 is 0 Å². The number of amides is 1. The molecular weight excluding hydrogens is 422 g/mol. The number of nitrogens with zero attached hydrogens (tertiary/aromatic N) is 2.